The second-order valence-corrected chi connectivity index (χ2v) is 4.95. The molecule has 0 atom stereocenters. The number of hydrogen-bond donors (Lipinski definition) is 0. The van der Waals surface area contributed by atoms with E-state index in [2.05, 4.69) is 10.2 Å². The van der Waals surface area contributed by atoms with E-state index in [0.29, 0.717) is 23.6 Å². The van der Waals surface area contributed by atoms with Crippen LogP contribution in [0, 0.1) is 0 Å². The van der Waals surface area contributed by atoms with Crippen molar-refractivity contribution >= 4 is 23.8 Å². The van der Waals surface area contributed by atoms with E-state index in [-0.39, 0.29) is 10.1 Å². The number of carboxylic acids is 1. The Morgan fingerprint density at radius 1 is 1.43 bits per heavy atom. The topological polar surface area (TPSA) is 88.3 Å². The third-order valence-electron chi connectivity index (χ3n) is 2.57. The zero-order valence-electron chi connectivity index (χ0n) is 11.5. The molecule has 0 fully saturated rings. The number of benzene rings is 1. The minimum Gasteiger partial charge on any atom is -0.544 e. The maximum atomic E-state index is 11.3. The fraction of sp³-hybridized carbons (Fsp3) is 0.214. The fourth-order valence-corrected chi connectivity index (χ4v) is 2.25. The molecule has 21 heavy (non-hydrogen) atoms. The van der Waals surface area contributed by atoms with Gasteiger partial charge in [0.1, 0.15) is 5.75 Å². The number of thioether (sulfide) groups is 1. The van der Waals surface area contributed by atoms with Gasteiger partial charge < -0.3 is 19.1 Å². The highest BCUT2D eigenvalue weighted by Gasteiger charge is 2.11. The summed E-state index contributed by atoms with van der Waals surface area (Å²) < 4.78 is 10.5. The summed E-state index contributed by atoms with van der Waals surface area (Å²) >= 11 is 0.850. The van der Waals surface area contributed by atoms with Crippen molar-refractivity contribution in [3.05, 3.63) is 40.6 Å². The Labute approximate surface area is 125 Å². The Balaban J connectivity index is 2.30. The van der Waals surface area contributed by atoms with Crippen molar-refractivity contribution in [1.29, 1.82) is 0 Å². The van der Waals surface area contributed by atoms with Gasteiger partial charge in [-0.1, -0.05) is 25.1 Å². The summed E-state index contributed by atoms with van der Waals surface area (Å²) in [4.78, 5) is 11.2. The van der Waals surface area contributed by atoms with Gasteiger partial charge in [0.25, 0.3) is 5.22 Å². The van der Waals surface area contributed by atoms with E-state index in [9.17, 15) is 9.90 Å². The van der Waals surface area contributed by atoms with Gasteiger partial charge in [-0.25, -0.2) is 0 Å². The van der Waals surface area contributed by atoms with Crippen LogP contribution in [0.3, 0.4) is 0 Å². The van der Waals surface area contributed by atoms with Crippen LogP contribution in [-0.4, -0.2) is 23.3 Å². The number of aryl methyl sites for hydroxylation is 1. The quantitative estimate of drug-likeness (QED) is 0.590. The van der Waals surface area contributed by atoms with Crippen molar-refractivity contribution in [2.24, 2.45) is 0 Å². The summed E-state index contributed by atoms with van der Waals surface area (Å²) in [7, 11) is 1.52. The van der Waals surface area contributed by atoms with E-state index in [4.69, 9.17) is 9.15 Å². The van der Waals surface area contributed by atoms with Crippen molar-refractivity contribution in [2.45, 2.75) is 18.6 Å². The summed E-state index contributed by atoms with van der Waals surface area (Å²) in [6.07, 6.45) is 2.04. The standard InChI is InChI=1S/C14H14N2O4S/c1-3-12-15-16-14(20-12)21-11(13(17)18)8-9-6-4-5-7-10(9)19-2/h4-8H,3H2,1-2H3,(H,17,18)/p-1/b11-8+. The minimum atomic E-state index is -1.32. The Kier molecular flexibility index (Phi) is 4.99. The highest BCUT2D eigenvalue weighted by Crippen LogP contribution is 2.29. The molecule has 110 valence electrons. The van der Waals surface area contributed by atoms with Crippen LogP contribution in [0.4, 0.5) is 0 Å². The van der Waals surface area contributed by atoms with Gasteiger partial charge in [-0.05, 0) is 23.9 Å². The van der Waals surface area contributed by atoms with Gasteiger partial charge >= 0.3 is 0 Å². The van der Waals surface area contributed by atoms with Gasteiger partial charge in [0.15, 0.2) is 0 Å². The molecule has 0 aliphatic rings. The molecule has 0 radical (unpaired) electrons. The SMILES string of the molecule is CCc1nnc(S/C(=C/c2ccccc2OC)C(=O)[O-])o1. The van der Waals surface area contributed by atoms with Crippen molar-refractivity contribution in [3.8, 4) is 5.75 Å². The first-order chi connectivity index (χ1) is 10.1. The van der Waals surface area contributed by atoms with Crippen LogP contribution >= 0.6 is 11.8 Å². The predicted molar refractivity (Wildman–Crippen MR) is 75.5 cm³/mol. The van der Waals surface area contributed by atoms with Crippen molar-refractivity contribution in [1.82, 2.24) is 10.2 Å². The van der Waals surface area contributed by atoms with Gasteiger partial charge in [0.2, 0.25) is 5.89 Å². The van der Waals surface area contributed by atoms with Crippen LogP contribution in [0.15, 0.2) is 38.8 Å². The zero-order valence-corrected chi connectivity index (χ0v) is 12.3. The molecule has 7 heteroatoms. The molecule has 1 heterocycles. The molecule has 0 N–H and O–H groups in total. The van der Waals surface area contributed by atoms with E-state index >= 15 is 0 Å². The zero-order chi connectivity index (χ0) is 15.2. The number of methoxy groups -OCH3 is 1. The maximum Gasteiger partial charge on any atom is 0.281 e. The first-order valence-electron chi connectivity index (χ1n) is 6.20. The molecule has 2 aromatic rings. The molecule has 0 spiro atoms. The smallest absolute Gasteiger partial charge is 0.281 e. The molecule has 6 nitrogen and oxygen atoms in total. The van der Waals surface area contributed by atoms with Crippen LogP contribution in [0.5, 0.6) is 5.75 Å². The number of para-hydroxylation sites is 1. The summed E-state index contributed by atoms with van der Waals surface area (Å²) in [5, 5.41) is 19.0. The molecule has 0 bridgehead atoms. The summed E-state index contributed by atoms with van der Waals surface area (Å²) in [6, 6.07) is 7.07. The number of carbonyl (C=O) groups excluding carboxylic acids is 1. The third kappa shape index (κ3) is 3.85. The lowest BCUT2D eigenvalue weighted by Gasteiger charge is -2.08. The van der Waals surface area contributed by atoms with E-state index in [1.54, 1.807) is 24.3 Å². The number of rotatable bonds is 6. The molecular weight excluding hydrogens is 292 g/mol. The molecule has 0 aliphatic carbocycles. The second-order valence-electron chi connectivity index (χ2n) is 3.96. The number of aliphatic carboxylic acids is 1. The lowest BCUT2D eigenvalue weighted by atomic mass is 10.2. The fourth-order valence-electron chi connectivity index (χ4n) is 1.57. The van der Waals surface area contributed by atoms with E-state index in [1.807, 2.05) is 6.92 Å². The average Bonchev–Trinajstić information content (AvgIpc) is 2.94. The lowest BCUT2D eigenvalue weighted by molar-refractivity contribution is -0.298. The van der Waals surface area contributed by atoms with Crippen molar-refractivity contribution in [3.63, 3.8) is 0 Å². The summed E-state index contributed by atoms with van der Waals surface area (Å²) in [5.41, 5.74) is 0.627. The first-order valence-corrected chi connectivity index (χ1v) is 7.02. The van der Waals surface area contributed by atoms with E-state index < -0.39 is 5.97 Å². The predicted octanol–water partition coefficient (Wildman–Crippen LogP) is 1.52. The Bertz CT molecular complexity index is 666. The number of aromatic nitrogens is 2. The Morgan fingerprint density at radius 3 is 2.81 bits per heavy atom. The molecule has 0 unspecified atom stereocenters. The van der Waals surface area contributed by atoms with Gasteiger partial charge in [0.05, 0.1) is 13.1 Å². The molecular formula is C14H13N2O4S-. The molecule has 0 aliphatic heterocycles. The van der Waals surface area contributed by atoms with Crippen LogP contribution < -0.4 is 9.84 Å². The molecule has 1 aromatic heterocycles. The average molecular weight is 305 g/mol. The largest absolute Gasteiger partial charge is 0.544 e. The second kappa shape index (κ2) is 6.94. The van der Waals surface area contributed by atoms with Gasteiger partial charge in [-0.15, -0.1) is 10.2 Å². The van der Waals surface area contributed by atoms with Gasteiger partial charge in [-0.2, -0.15) is 0 Å². The van der Waals surface area contributed by atoms with Crippen molar-refractivity contribution in [2.75, 3.05) is 7.11 Å². The first kappa shape index (κ1) is 15.1. The maximum absolute atomic E-state index is 11.3. The minimum absolute atomic E-state index is 0.0363. The van der Waals surface area contributed by atoms with Crippen LogP contribution in [-0.2, 0) is 11.2 Å². The molecule has 0 amide bonds. The summed E-state index contributed by atoms with van der Waals surface area (Å²) in [5.74, 6) is -0.300. The molecule has 0 saturated heterocycles. The third-order valence-corrected chi connectivity index (χ3v) is 3.42. The molecule has 0 saturated carbocycles. The van der Waals surface area contributed by atoms with Crippen molar-refractivity contribution < 1.29 is 19.1 Å². The number of hydrogen-bond acceptors (Lipinski definition) is 7. The monoisotopic (exact) mass is 305 g/mol. The highest BCUT2D eigenvalue weighted by molar-refractivity contribution is 8.03. The lowest BCUT2D eigenvalue weighted by Crippen LogP contribution is -2.23. The van der Waals surface area contributed by atoms with E-state index in [0.717, 1.165) is 11.8 Å². The molecule has 1 aromatic carbocycles. The van der Waals surface area contributed by atoms with Gasteiger partial charge in [-0.3, -0.25) is 0 Å². The number of carbonyl (C=O) groups is 1. The Hall–Kier alpha value is -2.28. The number of ether oxygens (including phenoxy) is 1. The Morgan fingerprint density at radius 2 is 2.19 bits per heavy atom. The molecule has 2 rings (SSSR count). The van der Waals surface area contributed by atoms with Crippen LogP contribution in [0.2, 0.25) is 0 Å². The number of carboxylic acid groups (broad SMARTS) is 1. The number of nitrogens with zero attached hydrogens (tertiary/aromatic N) is 2. The summed E-state index contributed by atoms with van der Waals surface area (Å²) in [6.45, 7) is 1.87. The van der Waals surface area contributed by atoms with Crippen LogP contribution in [0.25, 0.3) is 6.08 Å². The van der Waals surface area contributed by atoms with E-state index in [1.165, 1.54) is 13.2 Å². The highest BCUT2D eigenvalue weighted by atomic mass is 32.2. The van der Waals surface area contributed by atoms with Crippen LogP contribution in [0.1, 0.15) is 18.4 Å². The normalized spacial score (nSPS) is 11.4. The van der Waals surface area contributed by atoms with Gasteiger partial charge in [0, 0.05) is 16.9 Å².